The number of hydrazone groups is 1. The number of fused-ring (bicyclic) bond motifs is 1. The number of para-hydroxylation sites is 1. The van der Waals surface area contributed by atoms with E-state index in [1.54, 1.807) is 24.3 Å². The van der Waals surface area contributed by atoms with Gasteiger partial charge < -0.3 is 5.32 Å². The van der Waals surface area contributed by atoms with Gasteiger partial charge in [0, 0.05) is 12.8 Å². The normalized spacial score (nSPS) is 11.3. The zero-order valence-corrected chi connectivity index (χ0v) is 16.2. The third-order valence-corrected chi connectivity index (χ3v) is 4.57. The number of carbonyl (C=O) groups excluding carboxylic acids is 2. The number of nitrogens with zero attached hydrogens (tertiary/aromatic N) is 1. The molecule has 142 valence electrons. The predicted molar refractivity (Wildman–Crippen MR) is 114 cm³/mol. The van der Waals surface area contributed by atoms with Gasteiger partial charge in [-0.2, -0.15) is 5.10 Å². The smallest absolute Gasteiger partial charge is 0.240 e. The Labute approximate surface area is 168 Å². The summed E-state index contributed by atoms with van der Waals surface area (Å²) in [6.45, 7) is 1.83. The summed E-state index contributed by atoms with van der Waals surface area (Å²) in [6, 6.07) is 21.0. The van der Waals surface area contributed by atoms with Crippen molar-refractivity contribution < 1.29 is 9.59 Å². The molecular formula is C22H20ClN3O2. The van der Waals surface area contributed by atoms with Gasteiger partial charge in [0.25, 0.3) is 0 Å². The van der Waals surface area contributed by atoms with E-state index in [1.165, 1.54) is 0 Å². The Hall–Kier alpha value is -3.18. The molecule has 0 radical (unpaired) electrons. The van der Waals surface area contributed by atoms with E-state index in [0.717, 1.165) is 16.3 Å². The van der Waals surface area contributed by atoms with E-state index >= 15 is 0 Å². The number of rotatable bonds is 6. The summed E-state index contributed by atoms with van der Waals surface area (Å²) >= 11 is 6.00. The monoisotopic (exact) mass is 393 g/mol. The fraction of sp³-hybridized carbons (Fsp3) is 0.136. The highest BCUT2D eigenvalue weighted by atomic mass is 35.5. The number of amides is 2. The highest BCUT2D eigenvalue weighted by Gasteiger charge is 2.09. The maximum absolute atomic E-state index is 12.0. The lowest BCUT2D eigenvalue weighted by Crippen LogP contribution is -2.21. The molecule has 0 bridgehead atoms. The van der Waals surface area contributed by atoms with Crippen LogP contribution in [-0.4, -0.2) is 17.5 Å². The van der Waals surface area contributed by atoms with Crippen LogP contribution in [0.15, 0.2) is 71.8 Å². The summed E-state index contributed by atoms with van der Waals surface area (Å²) in [5.41, 5.74) is 4.65. The molecule has 2 amide bonds. The molecule has 2 N–H and O–H groups in total. The Kier molecular flexibility index (Phi) is 6.40. The number of benzene rings is 3. The van der Waals surface area contributed by atoms with Crippen molar-refractivity contribution in [3.63, 3.8) is 0 Å². The van der Waals surface area contributed by atoms with E-state index in [9.17, 15) is 9.59 Å². The van der Waals surface area contributed by atoms with Crippen molar-refractivity contribution in [2.45, 2.75) is 19.8 Å². The van der Waals surface area contributed by atoms with Gasteiger partial charge in [0.15, 0.2) is 0 Å². The van der Waals surface area contributed by atoms with Crippen LogP contribution in [0.4, 0.5) is 5.69 Å². The molecule has 0 unspecified atom stereocenters. The van der Waals surface area contributed by atoms with E-state index in [1.807, 2.05) is 49.4 Å². The number of nitrogens with one attached hydrogen (secondary N) is 2. The molecule has 3 aromatic carbocycles. The van der Waals surface area contributed by atoms with Crippen molar-refractivity contribution >= 4 is 45.6 Å². The summed E-state index contributed by atoms with van der Waals surface area (Å²) in [5.74, 6) is -0.604. The molecule has 5 nitrogen and oxygen atoms in total. The molecule has 0 saturated heterocycles. The molecule has 6 heteroatoms. The zero-order chi connectivity index (χ0) is 19.9. The van der Waals surface area contributed by atoms with Crippen LogP contribution in [0.1, 0.15) is 25.3 Å². The standard InChI is InChI=1S/C22H20ClN3O2/c1-15(17-11-10-16-6-2-3-7-18(16)14-17)25-26-22(28)13-12-21(27)24-20-9-5-4-8-19(20)23/h2-11,14H,12-13H2,1H3,(H,24,27)(H,26,28). The van der Waals surface area contributed by atoms with Gasteiger partial charge in [-0.3, -0.25) is 9.59 Å². The number of hydrogen-bond donors (Lipinski definition) is 2. The molecule has 3 rings (SSSR count). The topological polar surface area (TPSA) is 70.6 Å². The van der Waals surface area contributed by atoms with Crippen LogP contribution in [0.5, 0.6) is 0 Å². The minimum atomic E-state index is -0.325. The molecule has 0 fully saturated rings. The molecule has 0 aliphatic rings. The molecule has 0 heterocycles. The van der Waals surface area contributed by atoms with Crippen LogP contribution in [0.2, 0.25) is 5.02 Å². The van der Waals surface area contributed by atoms with Crippen LogP contribution < -0.4 is 10.7 Å². The van der Waals surface area contributed by atoms with Gasteiger partial charge in [0.1, 0.15) is 0 Å². The molecule has 0 saturated carbocycles. The lowest BCUT2D eigenvalue weighted by molar-refractivity contribution is -0.124. The quantitative estimate of drug-likeness (QED) is 0.468. The predicted octanol–water partition coefficient (Wildman–Crippen LogP) is 4.75. The van der Waals surface area contributed by atoms with E-state index in [4.69, 9.17) is 11.6 Å². The maximum atomic E-state index is 12.0. The second kappa shape index (κ2) is 9.15. The summed E-state index contributed by atoms with van der Waals surface area (Å²) in [6.07, 6.45) is 0.0758. The Bertz CT molecular complexity index is 1050. The first-order valence-corrected chi connectivity index (χ1v) is 9.27. The highest BCUT2D eigenvalue weighted by molar-refractivity contribution is 6.33. The van der Waals surface area contributed by atoms with Gasteiger partial charge >= 0.3 is 0 Å². The minimum absolute atomic E-state index is 0.0325. The molecule has 0 atom stereocenters. The van der Waals surface area contributed by atoms with Crippen molar-refractivity contribution in [2.75, 3.05) is 5.32 Å². The van der Waals surface area contributed by atoms with Crippen molar-refractivity contribution in [3.8, 4) is 0 Å². The van der Waals surface area contributed by atoms with Gasteiger partial charge in [-0.15, -0.1) is 0 Å². The van der Waals surface area contributed by atoms with Crippen LogP contribution in [-0.2, 0) is 9.59 Å². The van der Waals surface area contributed by atoms with Crippen LogP contribution in [0, 0.1) is 0 Å². The Morgan fingerprint density at radius 1 is 0.893 bits per heavy atom. The fourth-order valence-electron chi connectivity index (χ4n) is 2.68. The molecule has 0 spiro atoms. The second-order valence-corrected chi connectivity index (χ2v) is 6.73. The lowest BCUT2D eigenvalue weighted by Gasteiger charge is -2.07. The summed E-state index contributed by atoms with van der Waals surface area (Å²) in [7, 11) is 0. The van der Waals surface area contributed by atoms with Crippen LogP contribution in [0.3, 0.4) is 0 Å². The summed E-state index contributed by atoms with van der Waals surface area (Å²) < 4.78 is 0. The lowest BCUT2D eigenvalue weighted by atomic mass is 10.0. The van der Waals surface area contributed by atoms with E-state index in [2.05, 4.69) is 15.8 Å². The Balaban J connectivity index is 1.52. The van der Waals surface area contributed by atoms with E-state index < -0.39 is 0 Å². The Morgan fingerprint density at radius 2 is 1.57 bits per heavy atom. The van der Waals surface area contributed by atoms with E-state index in [0.29, 0.717) is 16.4 Å². The fourth-order valence-corrected chi connectivity index (χ4v) is 2.87. The third-order valence-electron chi connectivity index (χ3n) is 4.24. The third kappa shape index (κ3) is 5.18. The average Bonchev–Trinajstić information content (AvgIpc) is 2.71. The Morgan fingerprint density at radius 3 is 2.36 bits per heavy atom. The molecule has 3 aromatic rings. The average molecular weight is 394 g/mol. The number of halogens is 1. The first-order valence-electron chi connectivity index (χ1n) is 8.89. The summed E-state index contributed by atoms with van der Waals surface area (Å²) in [4.78, 5) is 24.0. The van der Waals surface area contributed by atoms with Crippen molar-refractivity contribution in [2.24, 2.45) is 5.10 Å². The number of hydrogen-bond acceptors (Lipinski definition) is 3. The van der Waals surface area contributed by atoms with Crippen molar-refractivity contribution in [1.82, 2.24) is 5.43 Å². The largest absolute Gasteiger partial charge is 0.325 e. The van der Waals surface area contributed by atoms with Crippen molar-refractivity contribution in [1.29, 1.82) is 0 Å². The molecular weight excluding hydrogens is 374 g/mol. The molecule has 0 aliphatic heterocycles. The first kappa shape index (κ1) is 19.6. The second-order valence-electron chi connectivity index (χ2n) is 6.32. The molecule has 0 aliphatic carbocycles. The molecule has 28 heavy (non-hydrogen) atoms. The number of carbonyl (C=O) groups is 2. The summed E-state index contributed by atoms with van der Waals surface area (Å²) in [5, 5.41) is 9.54. The van der Waals surface area contributed by atoms with Gasteiger partial charge in [-0.05, 0) is 41.5 Å². The van der Waals surface area contributed by atoms with Crippen LogP contribution >= 0.6 is 11.6 Å². The van der Waals surface area contributed by atoms with Gasteiger partial charge in [0.2, 0.25) is 11.8 Å². The van der Waals surface area contributed by atoms with E-state index in [-0.39, 0.29) is 24.7 Å². The molecule has 0 aromatic heterocycles. The maximum Gasteiger partial charge on any atom is 0.240 e. The number of anilines is 1. The van der Waals surface area contributed by atoms with Gasteiger partial charge in [-0.25, -0.2) is 5.43 Å². The first-order chi connectivity index (χ1) is 13.5. The zero-order valence-electron chi connectivity index (χ0n) is 15.4. The van der Waals surface area contributed by atoms with Crippen molar-refractivity contribution in [3.05, 3.63) is 77.3 Å². The SMILES string of the molecule is CC(=NNC(=O)CCC(=O)Nc1ccccc1Cl)c1ccc2ccccc2c1. The van der Waals surface area contributed by atoms with Crippen LogP contribution in [0.25, 0.3) is 10.8 Å². The van der Waals surface area contributed by atoms with Gasteiger partial charge in [-0.1, -0.05) is 60.1 Å². The van der Waals surface area contributed by atoms with Gasteiger partial charge in [0.05, 0.1) is 16.4 Å². The minimum Gasteiger partial charge on any atom is -0.325 e. The highest BCUT2D eigenvalue weighted by Crippen LogP contribution is 2.20.